The highest BCUT2D eigenvalue weighted by Crippen LogP contribution is 2.30. The average molecular weight is 312 g/mol. The zero-order chi connectivity index (χ0) is 13.1. The minimum Gasteiger partial charge on any atom is -0.305 e. The van der Waals surface area contributed by atoms with Crippen molar-refractivity contribution >= 4 is 15.9 Å². The zero-order valence-corrected chi connectivity index (χ0v) is 11.9. The van der Waals surface area contributed by atoms with Gasteiger partial charge in [-0.15, -0.1) is 0 Å². The number of aryl methyl sites for hydroxylation is 1. The molecule has 5 heteroatoms. The second kappa shape index (κ2) is 5.63. The van der Waals surface area contributed by atoms with Gasteiger partial charge >= 0.3 is 0 Å². The van der Waals surface area contributed by atoms with Crippen LogP contribution in [-0.2, 0) is 7.05 Å². The van der Waals surface area contributed by atoms with Crippen LogP contribution in [0.4, 0.5) is 4.39 Å². The molecule has 0 fully saturated rings. The summed E-state index contributed by atoms with van der Waals surface area (Å²) in [4.78, 5) is 0. The molecule has 0 aliphatic heterocycles. The molecule has 2 rings (SSSR count). The molecule has 3 nitrogen and oxygen atoms in total. The Balaban J connectivity index is 2.52. The van der Waals surface area contributed by atoms with Crippen LogP contribution in [0.3, 0.4) is 0 Å². The number of halogens is 2. The van der Waals surface area contributed by atoms with Crippen molar-refractivity contribution < 1.29 is 4.39 Å². The molecule has 0 aliphatic rings. The predicted octanol–water partition coefficient (Wildman–Crippen LogP) is 3.02. The Morgan fingerprint density at radius 1 is 1.44 bits per heavy atom. The van der Waals surface area contributed by atoms with Crippen LogP contribution in [0.5, 0.6) is 0 Å². The van der Waals surface area contributed by atoms with Crippen molar-refractivity contribution in [3.63, 3.8) is 0 Å². The number of rotatable bonds is 4. The molecule has 0 saturated heterocycles. The van der Waals surface area contributed by atoms with Gasteiger partial charge in [0.2, 0.25) is 0 Å². The van der Waals surface area contributed by atoms with Crippen molar-refractivity contribution in [2.24, 2.45) is 7.05 Å². The molecule has 0 spiro atoms. The van der Waals surface area contributed by atoms with E-state index >= 15 is 0 Å². The van der Waals surface area contributed by atoms with Gasteiger partial charge in [0.15, 0.2) is 0 Å². The first-order valence-electron chi connectivity index (χ1n) is 5.80. The summed E-state index contributed by atoms with van der Waals surface area (Å²) in [6.45, 7) is 2.74. The molecular formula is C13H15BrFN3. The van der Waals surface area contributed by atoms with Crippen LogP contribution in [-0.4, -0.2) is 16.3 Å². The Labute approximate surface area is 114 Å². The third-order valence-electron chi connectivity index (χ3n) is 2.85. The largest absolute Gasteiger partial charge is 0.305 e. The van der Waals surface area contributed by atoms with E-state index in [-0.39, 0.29) is 11.9 Å². The molecule has 0 radical (unpaired) electrons. The lowest BCUT2D eigenvalue weighted by atomic mass is 10.0. The number of nitrogens with zero attached hydrogens (tertiary/aromatic N) is 2. The summed E-state index contributed by atoms with van der Waals surface area (Å²) in [5.41, 5.74) is 1.55. The standard InChI is InChI=1S/C13H15BrFN3/c1-3-16-13(11-7-8-17-18(11)2)12-9(14)5-4-6-10(12)15/h4-8,13,16H,3H2,1-2H3. The first kappa shape index (κ1) is 13.2. The van der Waals surface area contributed by atoms with Gasteiger partial charge in [0.1, 0.15) is 5.82 Å². The van der Waals surface area contributed by atoms with Crippen molar-refractivity contribution in [2.75, 3.05) is 6.54 Å². The van der Waals surface area contributed by atoms with E-state index in [1.54, 1.807) is 16.9 Å². The number of aromatic nitrogens is 2. The highest BCUT2D eigenvalue weighted by molar-refractivity contribution is 9.10. The van der Waals surface area contributed by atoms with Gasteiger partial charge in [0.05, 0.1) is 11.7 Å². The highest BCUT2D eigenvalue weighted by Gasteiger charge is 2.22. The van der Waals surface area contributed by atoms with E-state index in [2.05, 4.69) is 26.3 Å². The molecule has 1 aromatic carbocycles. The SMILES string of the molecule is CCNC(c1c(F)cccc1Br)c1ccnn1C. The summed E-state index contributed by atoms with van der Waals surface area (Å²) in [5.74, 6) is -0.225. The Morgan fingerprint density at radius 2 is 2.22 bits per heavy atom. The van der Waals surface area contributed by atoms with E-state index in [1.165, 1.54) is 6.07 Å². The van der Waals surface area contributed by atoms with Crippen molar-refractivity contribution in [1.29, 1.82) is 0 Å². The summed E-state index contributed by atoms with van der Waals surface area (Å²) in [7, 11) is 1.86. The van der Waals surface area contributed by atoms with Crippen molar-refractivity contribution in [2.45, 2.75) is 13.0 Å². The summed E-state index contributed by atoms with van der Waals surface area (Å²) in [6, 6.07) is 6.69. The second-order valence-electron chi connectivity index (χ2n) is 4.01. The van der Waals surface area contributed by atoms with Crippen LogP contribution in [0.15, 0.2) is 34.9 Å². The fourth-order valence-electron chi connectivity index (χ4n) is 2.01. The minimum atomic E-state index is -0.225. The minimum absolute atomic E-state index is 0.210. The van der Waals surface area contributed by atoms with Crippen LogP contribution in [0.2, 0.25) is 0 Å². The molecule has 18 heavy (non-hydrogen) atoms. The molecule has 1 unspecified atom stereocenters. The summed E-state index contributed by atoms with van der Waals surface area (Å²) < 4.78 is 16.6. The van der Waals surface area contributed by atoms with Gasteiger partial charge in [-0.1, -0.05) is 28.9 Å². The molecule has 1 heterocycles. The van der Waals surface area contributed by atoms with Crippen molar-refractivity contribution in [3.8, 4) is 0 Å². The Hall–Kier alpha value is -1.20. The number of benzene rings is 1. The lowest BCUT2D eigenvalue weighted by Crippen LogP contribution is -2.25. The molecule has 1 atom stereocenters. The van der Waals surface area contributed by atoms with Gasteiger partial charge in [0.25, 0.3) is 0 Å². The third kappa shape index (κ3) is 2.47. The summed E-state index contributed by atoms with van der Waals surface area (Å²) in [5, 5.41) is 7.44. The fraction of sp³-hybridized carbons (Fsp3) is 0.308. The molecule has 2 aromatic rings. The number of hydrogen-bond acceptors (Lipinski definition) is 2. The molecule has 1 N–H and O–H groups in total. The van der Waals surface area contributed by atoms with E-state index in [9.17, 15) is 4.39 Å². The van der Waals surface area contributed by atoms with E-state index in [0.29, 0.717) is 5.56 Å². The fourth-order valence-corrected chi connectivity index (χ4v) is 2.58. The molecule has 1 aromatic heterocycles. The number of hydrogen-bond donors (Lipinski definition) is 1. The average Bonchev–Trinajstić information content (AvgIpc) is 2.74. The molecule has 0 aliphatic carbocycles. The zero-order valence-electron chi connectivity index (χ0n) is 10.3. The van der Waals surface area contributed by atoms with Gasteiger partial charge in [-0.2, -0.15) is 5.10 Å². The Kier molecular flexibility index (Phi) is 4.14. The summed E-state index contributed by atoms with van der Waals surface area (Å²) in [6.07, 6.45) is 1.72. The van der Waals surface area contributed by atoms with E-state index in [4.69, 9.17) is 0 Å². The molecular weight excluding hydrogens is 297 g/mol. The molecule has 0 saturated carbocycles. The lowest BCUT2D eigenvalue weighted by molar-refractivity contribution is 0.530. The normalized spacial score (nSPS) is 12.7. The van der Waals surface area contributed by atoms with Gasteiger partial charge in [-0.3, -0.25) is 4.68 Å². The smallest absolute Gasteiger partial charge is 0.129 e. The Morgan fingerprint density at radius 3 is 2.78 bits per heavy atom. The maximum atomic E-state index is 14.0. The monoisotopic (exact) mass is 311 g/mol. The predicted molar refractivity (Wildman–Crippen MR) is 72.8 cm³/mol. The Bertz CT molecular complexity index is 519. The van der Waals surface area contributed by atoms with Crippen molar-refractivity contribution in [1.82, 2.24) is 15.1 Å². The van der Waals surface area contributed by atoms with Crippen LogP contribution in [0.25, 0.3) is 0 Å². The lowest BCUT2D eigenvalue weighted by Gasteiger charge is -2.20. The maximum Gasteiger partial charge on any atom is 0.129 e. The third-order valence-corrected chi connectivity index (χ3v) is 3.54. The van der Waals surface area contributed by atoms with Gasteiger partial charge in [0, 0.05) is 23.3 Å². The second-order valence-corrected chi connectivity index (χ2v) is 4.86. The number of nitrogens with one attached hydrogen (secondary N) is 1. The van der Waals surface area contributed by atoms with Crippen LogP contribution < -0.4 is 5.32 Å². The van der Waals surface area contributed by atoms with Gasteiger partial charge < -0.3 is 5.32 Å². The van der Waals surface area contributed by atoms with Gasteiger partial charge in [-0.25, -0.2) is 4.39 Å². The van der Waals surface area contributed by atoms with E-state index in [1.807, 2.05) is 26.1 Å². The topological polar surface area (TPSA) is 29.9 Å². The maximum absolute atomic E-state index is 14.0. The highest BCUT2D eigenvalue weighted by atomic mass is 79.9. The van der Waals surface area contributed by atoms with E-state index in [0.717, 1.165) is 16.7 Å². The van der Waals surface area contributed by atoms with Crippen LogP contribution >= 0.6 is 15.9 Å². The van der Waals surface area contributed by atoms with Crippen molar-refractivity contribution in [3.05, 3.63) is 52.0 Å². The summed E-state index contributed by atoms with van der Waals surface area (Å²) >= 11 is 3.42. The molecule has 96 valence electrons. The first-order chi connectivity index (χ1) is 8.65. The van der Waals surface area contributed by atoms with Crippen LogP contribution in [0, 0.1) is 5.82 Å². The quantitative estimate of drug-likeness (QED) is 0.940. The first-order valence-corrected chi connectivity index (χ1v) is 6.59. The van der Waals surface area contributed by atoms with E-state index < -0.39 is 0 Å². The van der Waals surface area contributed by atoms with Gasteiger partial charge in [-0.05, 0) is 24.7 Å². The molecule has 0 bridgehead atoms. The molecule has 0 amide bonds. The van der Waals surface area contributed by atoms with Crippen LogP contribution in [0.1, 0.15) is 24.2 Å².